The summed E-state index contributed by atoms with van der Waals surface area (Å²) >= 11 is 0. The van der Waals surface area contributed by atoms with Gasteiger partial charge in [0.1, 0.15) is 22.6 Å². The third-order valence-electron chi connectivity index (χ3n) is 3.62. The zero-order chi connectivity index (χ0) is 18.0. The summed E-state index contributed by atoms with van der Waals surface area (Å²) in [5, 5.41) is 0.564. The number of hydrogen-bond donors (Lipinski definition) is 0. The van der Waals surface area contributed by atoms with E-state index in [2.05, 4.69) is 0 Å². The topological polar surface area (TPSA) is 82.8 Å². The third-order valence-corrected chi connectivity index (χ3v) is 3.62. The highest BCUT2D eigenvalue weighted by atomic mass is 16.5. The van der Waals surface area contributed by atoms with E-state index in [1.165, 1.54) is 26.2 Å². The number of rotatable bonds is 4. The van der Waals surface area contributed by atoms with Crippen LogP contribution in [0, 0.1) is 0 Å². The number of Topliss-reactive ketones (excluding diaryl/α,β-unsaturated/α-hetero) is 1. The third kappa shape index (κ3) is 3.42. The number of methoxy groups -OCH3 is 1. The maximum absolute atomic E-state index is 12.2. The molecule has 6 nitrogen and oxygen atoms in total. The molecule has 0 aliphatic carbocycles. The number of ether oxygens (including phenoxy) is 2. The monoisotopic (exact) mass is 338 g/mol. The van der Waals surface area contributed by atoms with Crippen LogP contribution in [-0.4, -0.2) is 18.9 Å². The fraction of sp³-hybridized carbons (Fsp3) is 0.105. The van der Waals surface area contributed by atoms with E-state index >= 15 is 0 Å². The molecule has 126 valence electrons. The average Bonchev–Trinajstić information content (AvgIpc) is 2.60. The van der Waals surface area contributed by atoms with Crippen molar-refractivity contribution >= 4 is 22.7 Å². The van der Waals surface area contributed by atoms with Crippen molar-refractivity contribution in [3.05, 3.63) is 70.1 Å². The molecule has 0 amide bonds. The number of hydrogen-bond acceptors (Lipinski definition) is 6. The number of benzene rings is 2. The van der Waals surface area contributed by atoms with Gasteiger partial charge in [-0.1, -0.05) is 0 Å². The van der Waals surface area contributed by atoms with E-state index in [9.17, 15) is 14.4 Å². The molecule has 0 saturated heterocycles. The second kappa shape index (κ2) is 6.60. The Hall–Kier alpha value is -3.41. The lowest BCUT2D eigenvalue weighted by atomic mass is 10.1. The maximum atomic E-state index is 12.2. The van der Waals surface area contributed by atoms with Crippen LogP contribution in [0.25, 0.3) is 11.0 Å². The maximum Gasteiger partial charge on any atom is 0.347 e. The average molecular weight is 338 g/mol. The molecule has 0 unspecified atom stereocenters. The van der Waals surface area contributed by atoms with Crippen molar-refractivity contribution in [2.45, 2.75) is 6.92 Å². The van der Waals surface area contributed by atoms with Gasteiger partial charge in [-0.15, -0.1) is 0 Å². The first-order valence-electron chi connectivity index (χ1n) is 7.43. The Kier molecular flexibility index (Phi) is 4.35. The van der Waals surface area contributed by atoms with Crippen LogP contribution >= 0.6 is 0 Å². The van der Waals surface area contributed by atoms with Crippen LogP contribution in [0.1, 0.15) is 27.6 Å². The summed E-state index contributed by atoms with van der Waals surface area (Å²) in [6, 6.07) is 12.5. The Morgan fingerprint density at radius 2 is 1.64 bits per heavy atom. The smallest absolute Gasteiger partial charge is 0.347 e. The van der Waals surface area contributed by atoms with Crippen LogP contribution in [-0.2, 0) is 0 Å². The van der Waals surface area contributed by atoms with E-state index in [1.807, 2.05) is 0 Å². The van der Waals surface area contributed by atoms with Gasteiger partial charge in [0.2, 0.25) is 0 Å². The number of carbonyl (C=O) groups excluding carboxylic acids is 2. The van der Waals surface area contributed by atoms with Gasteiger partial charge < -0.3 is 13.9 Å². The standard InChI is InChI=1S/C19H14O6/c1-11(20)16-9-13-5-8-15(10-17(13)25-19(16)22)24-18(21)12-3-6-14(23-2)7-4-12/h3-10H,1-2H3. The summed E-state index contributed by atoms with van der Waals surface area (Å²) in [4.78, 5) is 35.3. The van der Waals surface area contributed by atoms with E-state index < -0.39 is 11.6 Å². The van der Waals surface area contributed by atoms with Crippen molar-refractivity contribution < 1.29 is 23.5 Å². The molecule has 6 heteroatoms. The van der Waals surface area contributed by atoms with Crippen LogP contribution < -0.4 is 15.1 Å². The molecule has 3 rings (SSSR count). The Morgan fingerprint density at radius 1 is 0.960 bits per heavy atom. The highest BCUT2D eigenvalue weighted by molar-refractivity contribution is 5.97. The summed E-state index contributed by atoms with van der Waals surface area (Å²) in [7, 11) is 1.54. The predicted octanol–water partition coefficient (Wildman–Crippen LogP) is 3.22. The summed E-state index contributed by atoms with van der Waals surface area (Å²) in [5.41, 5.74) is -0.154. The summed E-state index contributed by atoms with van der Waals surface area (Å²) < 4.78 is 15.5. The normalized spacial score (nSPS) is 10.5. The molecule has 0 bridgehead atoms. The summed E-state index contributed by atoms with van der Waals surface area (Å²) in [6.45, 7) is 1.29. The Balaban J connectivity index is 1.88. The number of fused-ring (bicyclic) bond motifs is 1. The molecule has 0 atom stereocenters. The number of carbonyl (C=O) groups is 2. The fourth-order valence-electron chi connectivity index (χ4n) is 2.29. The second-order valence-electron chi connectivity index (χ2n) is 5.32. The van der Waals surface area contributed by atoms with Gasteiger partial charge in [0.25, 0.3) is 0 Å². The van der Waals surface area contributed by atoms with Crippen molar-refractivity contribution in [2.24, 2.45) is 0 Å². The first kappa shape index (κ1) is 16.4. The molecule has 1 heterocycles. The molecule has 25 heavy (non-hydrogen) atoms. The molecule has 0 saturated carbocycles. The first-order valence-corrected chi connectivity index (χ1v) is 7.43. The van der Waals surface area contributed by atoms with Crippen LogP contribution in [0.5, 0.6) is 11.5 Å². The lowest BCUT2D eigenvalue weighted by molar-refractivity contribution is 0.0734. The van der Waals surface area contributed by atoms with Crippen molar-refractivity contribution in [2.75, 3.05) is 7.11 Å². The number of ketones is 1. The van der Waals surface area contributed by atoms with E-state index in [0.717, 1.165) is 0 Å². The van der Waals surface area contributed by atoms with Gasteiger partial charge in [0, 0.05) is 11.5 Å². The lowest BCUT2D eigenvalue weighted by Gasteiger charge is -2.06. The molecule has 0 aliphatic heterocycles. The zero-order valence-corrected chi connectivity index (χ0v) is 13.6. The van der Waals surface area contributed by atoms with Gasteiger partial charge in [-0.05, 0) is 49.4 Å². The highest BCUT2D eigenvalue weighted by Gasteiger charge is 2.12. The van der Waals surface area contributed by atoms with Crippen molar-refractivity contribution in [1.82, 2.24) is 0 Å². The molecule has 0 spiro atoms. The van der Waals surface area contributed by atoms with Gasteiger partial charge in [-0.2, -0.15) is 0 Å². The van der Waals surface area contributed by atoms with Crippen LogP contribution in [0.4, 0.5) is 0 Å². The van der Waals surface area contributed by atoms with Gasteiger partial charge in [-0.3, -0.25) is 4.79 Å². The molecule has 0 fully saturated rings. The van der Waals surface area contributed by atoms with E-state index in [1.54, 1.807) is 36.4 Å². The fourth-order valence-corrected chi connectivity index (χ4v) is 2.29. The molecule has 0 N–H and O–H groups in total. The lowest BCUT2D eigenvalue weighted by Crippen LogP contribution is -2.11. The Labute approximate surface area is 142 Å². The Bertz CT molecular complexity index is 1010. The minimum atomic E-state index is -0.723. The van der Waals surface area contributed by atoms with Gasteiger partial charge in [0.05, 0.1) is 12.7 Å². The molecule has 0 aliphatic rings. The van der Waals surface area contributed by atoms with Gasteiger partial charge in [0.15, 0.2) is 5.78 Å². The minimum Gasteiger partial charge on any atom is -0.497 e. The van der Waals surface area contributed by atoms with Crippen LogP contribution in [0.3, 0.4) is 0 Å². The van der Waals surface area contributed by atoms with Crippen molar-refractivity contribution in [3.63, 3.8) is 0 Å². The largest absolute Gasteiger partial charge is 0.497 e. The quantitative estimate of drug-likeness (QED) is 0.314. The van der Waals surface area contributed by atoms with Crippen molar-refractivity contribution in [1.29, 1.82) is 0 Å². The van der Waals surface area contributed by atoms with E-state index in [4.69, 9.17) is 13.9 Å². The molecule has 0 radical (unpaired) electrons. The molecule has 1 aromatic heterocycles. The van der Waals surface area contributed by atoms with E-state index in [-0.39, 0.29) is 22.7 Å². The minimum absolute atomic E-state index is 0.0181. The van der Waals surface area contributed by atoms with Crippen LogP contribution in [0.15, 0.2) is 57.7 Å². The number of esters is 1. The second-order valence-corrected chi connectivity index (χ2v) is 5.32. The summed E-state index contributed by atoms with van der Waals surface area (Å²) in [5.74, 6) is -0.0623. The molecular formula is C19H14O6. The SMILES string of the molecule is COc1ccc(C(=O)Oc2ccc3cc(C(C)=O)c(=O)oc3c2)cc1. The van der Waals surface area contributed by atoms with Gasteiger partial charge >= 0.3 is 11.6 Å². The molecular weight excluding hydrogens is 324 g/mol. The molecule has 2 aromatic carbocycles. The predicted molar refractivity (Wildman–Crippen MR) is 90.4 cm³/mol. The van der Waals surface area contributed by atoms with E-state index in [0.29, 0.717) is 16.7 Å². The first-order chi connectivity index (χ1) is 12.0. The Morgan fingerprint density at radius 3 is 2.28 bits per heavy atom. The zero-order valence-electron chi connectivity index (χ0n) is 13.6. The highest BCUT2D eigenvalue weighted by Crippen LogP contribution is 2.22. The van der Waals surface area contributed by atoms with Gasteiger partial charge in [-0.25, -0.2) is 9.59 Å². The van der Waals surface area contributed by atoms with Crippen molar-refractivity contribution in [3.8, 4) is 11.5 Å². The summed E-state index contributed by atoms with van der Waals surface area (Å²) in [6.07, 6.45) is 0. The van der Waals surface area contributed by atoms with Crippen LogP contribution in [0.2, 0.25) is 0 Å². The molecule has 3 aromatic rings.